The number of alkyl halides is 2. The summed E-state index contributed by atoms with van der Waals surface area (Å²) in [4.78, 5) is 1.89. The SMILES string of the molecule is CN1CCC(NS(=O)(=O)C(F)F)(/C(N)=N/O)CC1. The molecule has 0 aromatic carbocycles. The van der Waals surface area contributed by atoms with E-state index in [2.05, 4.69) is 5.16 Å². The molecule has 0 unspecified atom stereocenters. The van der Waals surface area contributed by atoms with Crippen LogP contribution in [0.1, 0.15) is 12.8 Å². The molecule has 18 heavy (non-hydrogen) atoms. The van der Waals surface area contributed by atoms with Gasteiger partial charge < -0.3 is 15.8 Å². The van der Waals surface area contributed by atoms with E-state index in [-0.39, 0.29) is 12.8 Å². The number of amidine groups is 1. The predicted octanol–water partition coefficient (Wildman–Crippen LogP) is -0.661. The van der Waals surface area contributed by atoms with Gasteiger partial charge in [-0.25, -0.2) is 8.42 Å². The quantitative estimate of drug-likeness (QED) is 0.275. The van der Waals surface area contributed by atoms with Crippen molar-refractivity contribution in [3.8, 4) is 0 Å². The van der Waals surface area contributed by atoms with E-state index in [0.717, 1.165) is 0 Å². The maximum absolute atomic E-state index is 12.4. The lowest BCUT2D eigenvalue weighted by molar-refractivity contribution is 0.201. The first-order valence-electron chi connectivity index (χ1n) is 5.21. The average molecular weight is 286 g/mol. The topological polar surface area (TPSA) is 108 Å². The van der Waals surface area contributed by atoms with Crippen molar-refractivity contribution in [2.24, 2.45) is 10.9 Å². The summed E-state index contributed by atoms with van der Waals surface area (Å²) in [5.74, 6) is -3.96. The van der Waals surface area contributed by atoms with E-state index in [0.29, 0.717) is 13.1 Å². The van der Waals surface area contributed by atoms with E-state index in [1.807, 2.05) is 9.62 Å². The lowest BCUT2D eigenvalue weighted by Crippen LogP contribution is -2.62. The van der Waals surface area contributed by atoms with Gasteiger partial charge in [0.15, 0.2) is 5.84 Å². The van der Waals surface area contributed by atoms with E-state index in [1.54, 1.807) is 7.05 Å². The fraction of sp³-hybridized carbons (Fsp3) is 0.875. The standard InChI is InChI=1S/C8H16F2N4O3S/c1-14-4-2-8(3-5-14,6(11)12-15)13-18(16,17)7(9)10/h7,13,15H,2-5H2,1H3,(H2,11,12). The fourth-order valence-corrected chi connectivity index (χ4v) is 2.77. The van der Waals surface area contributed by atoms with Crippen LogP contribution >= 0.6 is 0 Å². The third-order valence-corrected chi connectivity index (χ3v) is 4.16. The molecule has 10 heteroatoms. The number of nitrogens with zero attached hydrogens (tertiary/aromatic N) is 2. The second-order valence-corrected chi connectivity index (χ2v) is 5.93. The molecule has 0 radical (unpaired) electrons. The van der Waals surface area contributed by atoms with Crippen LogP contribution in [0.15, 0.2) is 5.16 Å². The smallest absolute Gasteiger partial charge is 0.350 e. The van der Waals surface area contributed by atoms with Crippen LogP contribution in [0.4, 0.5) is 8.78 Å². The van der Waals surface area contributed by atoms with Crippen molar-refractivity contribution < 1.29 is 22.4 Å². The first-order valence-corrected chi connectivity index (χ1v) is 6.75. The number of sulfonamides is 1. The Labute approximate surface area is 104 Å². The minimum absolute atomic E-state index is 0.158. The number of hydrogen-bond acceptors (Lipinski definition) is 5. The lowest BCUT2D eigenvalue weighted by atomic mass is 9.88. The largest absolute Gasteiger partial charge is 0.409 e. The Morgan fingerprint density at radius 1 is 1.50 bits per heavy atom. The normalized spacial score (nSPS) is 22.3. The Hall–Kier alpha value is -1.00. The second kappa shape index (κ2) is 5.33. The summed E-state index contributed by atoms with van der Waals surface area (Å²) < 4.78 is 49.1. The summed E-state index contributed by atoms with van der Waals surface area (Å²) in [5, 5.41) is 11.4. The zero-order valence-electron chi connectivity index (χ0n) is 9.81. The van der Waals surface area contributed by atoms with Gasteiger partial charge in [0.25, 0.3) is 10.0 Å². The highest BCUT2D eigenvalue weighted by atomic mass is 32.2. The maximum Gasteiger partial charge on any atom is 0.350 e. The van der Waals surface area contributed by atoms with Crippen molar-refractivity contribution in [2.45, 2.75) is 24.1 Å². The summed E-state index contributed by atoms with van der Waals surface area (Å²) >= 11 is 0. The summed E-state index contributed by atoms with van der Waals surface area (Å²) in [7, 11) is -3.00. The van der Waals surface area contributed by atoms with Crippen LogP contribution < -0.4 is 10.5 Å². The van der Waals surface area contributed by atoms with Crippen LogP contribution in [-0.2, 0) is 10.0 Å². The number of nitrogens with two attached hydrogens (primary N) is 1. The van der Waals surface area contributed by atoms with Crippen LogP contribution in [0, 0.1) is 0 Å². The molecule has 1 aliphatic heterocycles. The minimum Gasteiger partial charge on any atom is -0.409 e. The summed E-state index contributed by atoms with van der Waals surface area (Å²) in [5.41, 5.74) is 4.00. The summed E-state index contributed by atoms with van der Waals surface area (Å²) in [6.45, 7) is 0.893. The van der Waals surface area contributed by atoms with Gasteiger partial charge in [-0.2, -0.15) is 13.5 Å². The van der Waals surface area contributed by atoms with Crippen molar-refractivity contribution in [3.05, 3.63) is 0 Å². The minimum atomic E-state index is -4.80. The van der Waals surface area contributed by atoms with E-state index < -0.39 is 27.2 Å². The molecule has 7 nitrogen and oxygen atoms in total. The number of oxime groups is 1. The van der Waals surface area contributed by atoms with Crippen LogP contribution in [0.25, 0.3) is 0 Å². The molecule has 106 valence electrons. The van der Waals surface area contributed by atoms with Crippen LogP contribution in [-0.4, -0.2) is 55.8 Å². The third kappa shape index (κ3) is 3.06. The van der Waals surface area contributed by atoms with Crippen molar-refractivity contribution in [1.82, 2.24) is 9.62 Å². The molecule has 0 amide bonds. The van der Waals surface area contributed by atoms with Gasteiger partial charge in [-0.3, -0.25) is 0 Å². The molecule has 1 fully saturated rings. The summed E-state index contributed by atoms with van der Waals surface area (Å²) in [6.07, 6.45) is 0.316. The molecule has 0 atom stereocenters. The van der Waals surface area contributed by atoms with Crippen molar-refractivity contribution in [1.29, 1.82) is 0 Å². The molecule has 1 rings (SSSR count). The number of nitrogens with one attached hydrogen (secondary N) is 1. The molecule has 1 saturated heterocycles. The van der Waals surface area contributed by atoms with Gasteiger partial charge in [0.1, 0.15) is 0 Å². The molecular weight excluding hydrogens is 270 g/mol. The van der Waals surface area contributed by atoms with Gasteiger partial charge in [-0.15, -0.1) is 0 Å². The maximum atomic E-state index is 12.4. The average Bonchev–Trinajstić information content (AvgIpc) is 2.31. The molecule has 0 aromatic rings. The highest BCUT2D eigenvalue weighted by Crippen LogP contribution is 2.24. The van der Waals surface area contributed by atoms with Crippen molar-refractivity contribution in [2.75, 3.05) is 20.1 Å². The highest BCUT2D eigenvalue weighted by molar-refractivity contribution is 7.89. The Bertz CT molecular complexity index is 418. The predicted molar refractivity (Wildman–Crippen MR) is 60.9 cm³/mol. The molecule has 0 bridgehead atoms. The zero-order chi connectivity index (χ0) is 14.0. The Balaban J connectivity index is 3.01. The van der Waals surface area contributed by atoms with Crippen molar-refractivity contribution in [3.63, 3.8) is 0 Å². The number of likely N-dealkylation sites (tertiary alicyclic amines) is 1. The Kier molecular flexibility index (Phi) is 4.46. The van der Waals surface area contributed by atoms with E-state index >= 15 is 0 Å². The molecule has 0 spiro atoms. The van der Waals surface area contributed by atoms with Gasteiger partial charge in [0.2, 0.25) is 0 Å². The van der Waals surface area contributed by atoms with Crippen LogP contribution in [0.3, 0.4) is 0 Å². The number of halogens is 2. The van der Waals surface area contributed by atoms with Crippen LogP contribution in [0.5, 0.6) is 0 Å². The molecule has 1 heterocycles. The molecular formula is C8H16F2N4O3S. The van der Waals surface area contributed by atoms with Gasteiger partial charge in [0.05, 0.1) is 5.54 Å². The first-order chi connectivity index (χ1) is 8.23. The fourth-order valence-electron chi connectivity index (χ4n) is 1.82. The molecule has 4 N–H and O–H groups in total. The molecule has 0 aromatic heterocycles. The summed E-state index contributed by atoms with van der Waals surface area (Å²) in [6, 6.07) is 0. The van der Waals surface area contributed by atoms with Gasteiger partial charge >= 0.3 is 5.76 Å². The molecule has 1 aliphatic rings. The lowest BCUT2D eigenvalue weighted by Gasteiger charge is -2.39. The van der Waals surface area contributed by atoms with E-state index in [4.69, 9.17) is 10.9 Å². The van der Waals surface area contributed by atoms with Crippen LogP contribution in [0.2, 0.25) is 0 Å². The van der Waals surface area contributed by atoms with Gasteiger partial charge in [0, 0.05) is 13.1 Å². The molecule has 0 saturated carbocycles. The molecule has 0 aliphatic carbocycles. The van der Waals surface area contributed by atoms with Crippen molar-refractivity contribution >= 4 is 15.9 Å². The van der Waals surface area contributed by atoms with E-state index in [1.165, 1.54) is 0 Å². The third-order valence-electron chi connectivity index (χ3n) is 3.01. The number of hydrogen-bond donors (Lipinski definition) is 3. The van der Waals surface area contributed by atoms with Gasteiger partial charge in [-0.1, -0.05) is 5.16 Å². The van der Waals surface area contributed by atoms with E-state index in [9.17, 15) is 17.2 Å². The zero-order valence-corrected chi connectivity index (χ0v) is 10.6. The Morgan fingerprint density at radius 3 is 2.39 bits per heavy atom. The number of rotatable bonds is 4. The monoisotopic (exact) mass is 286 g/mol. The highest BCUT2D eigenvalue weighted by Gasteiger charge is 2.43. The Morgan fingerprint density at radius 2 is 2.00 bits per heavy atom. The van der Waals surface area contributed by atoms with Gasteiger partial charge in [-0.05, 0) is 19.9 Å². The second-order valence-electron chi connectivity index (χ2n) is 4.28. The number of piperidine rings is 1. The first kappa shape index (κ1) is 15.1.